The van der Waals surface area contributed by atoms with E-state index in [1.807, 2.05) is 55.6 Å². The van der Waals surface area contributed by atoms with E-state index in [-0.39, 0.29) is 11.8 Å². The standard InChI is InChI=1S/C21H26N4O2S/c1-25(2)18-11-9-16(10-12-18)15-22-24-21(27)19(13-14-28-3)23-20(26)17-7-5-4-6-8-17/h4-12,15,19H,13-14H2,1-3H3,(H,23,26)(H,24,27)/t19-/m1/s1. The van der Waals surface area contributed by atoms with Crippen molar-refractivity contribution in [2.45, 2.75) is 12.5 Å². The third kappa shape index (κ3) is 6.74. The largest absolute Gasteiger partial charge is 0.378 e. The Bertz CT molecular complexity index is 792. The van der Waals surface area contributed by atoms with Crippen LogP contribution in [0, 0.1) is 0 Å². The quantitative estimate of drug-likeness (QED) is 0.503. The number of rotatable bonds is 9. The highest BCUT2D eigenvalue weighted by Gasteiger charge is 2.20. The lowest BCUT2D eigenvalue weighted by molar-refractivity contribution is -0.123. The Hall–Kier alpha value is -2.80. The molecule has 0 bridgehead atoms. The predicted octanol–water partition coefficient (Wildman–Crippen LogP) is 2.75. The molecule has 1 atom stereocenters. The number of hydrogen-bond acceptors (Lipinski definition) is 5. The maximum absolute atomic E-state index is 12.5. The first-order valence-corrected chi connectivity index (χ1v) is 10.4. The van der Waals surface area contributed by atoms with Crippen LogP contribution < -0.4 is 15.6 Å². The molecule has 2 N–H and O–H groups in total. The lowest BCUT2D eigenvalue weighted by atomic mass is 10.1. The van der Waals surface area contributed by atoms with E-state index < -0.39 is 6.04 Å². The number of nitrogens with zero attached hydrogens (tertiary/aromatic N) is 2. The molecule has 148 valence electrons. The third-order valence-corrected chi connectivity index (χ3v) is 4.71. The van der Waals surface area contributed by atoms with Crippen LogP contribution in [0.25, 0.3) is 0 Å². The maximum atomic E-state index is 12.5. The topological polar surface area (TPSA) is 73.8 Å². The molecule has 6 nitrogen and oxygen atoms in total. The van der Waals surface area contributed by atoms with Gasteiger partial charge in [-0.1, -0.05) is 30.3 Å². The van der Waals surface area contributed by atoms with Gasteiger partial charge in [0.25, 0.3) is 11.8 Å². The average Bonchev–Trinajstić information content (AvgIpc) is 2.71. The molecule has 2 rings (SSSR count). The van der Waals surface area contributed by atoms with E-state index in [9.17, 15) is 9.59 Å². The highest BCUT2D eigenvalue weighted by atomic mass is 32.2. The summed E-state index contributed by atoms with van der Waals surface area (Å²) in [6, 6.07) is 16.0. The van der Waals surface area contributed by atoms with Gasteiger partial charge in [0, 0.05) is 25.3 Å². The van der Waals surface area contributed by atoms with Gasteiger partial charge in [0.15, 0.2) is 0 Å². The first kappa shape index (κ1) is 21.5. The summed E-state index contributed by atoms with van der Waals surface area (Å²) in [5, 5.41) is 6.82. The molecule has 0 aliphatic carbocycles. The first-order chi connectivity index (χ1) is 13.5. The highest BCUT2D eigenvalue weighted by Crippen LogP contribution is 2.11. The van der Waals surface area contributed by atoms with E-state index in [4.69, 9.17) is 0 Å². The zero-order valence-corrected chi connectivity index (χ0v) is 17.2. The molecule has 2 aromatic carbocycles. The lowest BCUT2D eigenvalue weighted by Crippen LogP contribution is -2.45. The van der Waals surface area contributed by atoms with Gasteiger partial charge < -0.3 is 10.2 Å². The van der Waals surface area contributed by atoms with Crippen molar-refractivity contribution in [2.24, 2.45) is 5.10 Å². The van der Waals surface area contributed by atoms with Crippen molar-refractivity contribution in [1.82, 2.24) is 10.7 Å². The molecule has 0 aromatic heterocycles. The van der Waals surface area contributed by atoms with Crippen molar-refractivity contribution in [2.75, 3.05) is 31.0 Å². The van der Waals surface area contributed by atoms with E-state index >= 15 is 0 Å². The van der Waals surface area contributed by atoms with Crippen molar-refractivity contribution in [3.63, 3.8) is 0 Å². The highest BCUT2D eigenvalue weighted by molar-refractivity contribution is 7.98. The minimum Gasteiger partial charge on any atom is -0.378 e. The molecule has 0 saturated heterocycles. The summed E-state index contributed by atoms with van der Waals surface area (Å²) in [5.74, 6) is 0.146. The number of amides is 2. The zero-order valence-electron chi connectivity index (χ0n) is 16.4. The second-order valence-electron chi connectivity index (χ2n) is 6.39. The smallest absolute Gasteiger partial charge is 0.262 e. The van der Waals surface area contributed by atoms with Crippen LogP contribution in [-0.2, 0) is 4.79 Å². The zero-order chi connectivity index (χ0) is 20.4. The molecular weight excluding hydrogens is 372 g/mol. The van der Waals surface area contributed by atoms with Gasteiger partial charge in [-0.25, -0.2) is 5.43 Å². The molecule has 2 amide bonds. The number of thioether (sulfide) groups is 1. The Labute approximate surface area is 170 Å². The van der Waals surface area contributed by atoms with Crippen molar-refractivity contribution in [3.05, 3.63) is 65.7 Å². The van der Waals surface area contributed by atoms with Crippen molar-refractivity contribution < 1.29 is 9.59 Å². The van der Waals surface area contributed by atoms with Crippen LogP contribution in [0.1, 0.15) is 22.3 Å². The van der Waals surface area contributed by atoms with Crippen LogP contribution in [0.3, 0.4) is 0 Å². The fraction of sp³-hybridized carbons (Fsp3) is 0.286. The summed E-state index contributed by atoms with van der Waals surface area (Å²) in [6.07, 6.45) is 4.07. The van der Waals surface area contributed by atoms with Gasteiger partial charge in [-0.2, -0.15) is 16.9 Å². The minimum atomic E-state index is -0.645. The average molecular weight is 399 g/mol. The number of benzene rings is 2. The van der Waals surface area contributed by atoms with Crippen molar-refractivity contribution >= 4 is 35.5 Å². The van der Waals surface area contributed by atoms with Crippen LogP contribution in [0.15, 0.2) is 59.7 Å². The molecule has 2 aromatic rings. The minimum absolute atomic E-state index is 0.273. The molecule has 0 spiro atoms. The van der Waals surface area contributed by atoms with Crippen LogP contribution in [0.4, 0.5) is 5.69 Å². The normalized spacial score (nSPS) is 11.8. The molecule has 0 aliphatic heterocycles. The molecule has 0 fully saturated rings. The molecule has 0 heterocycles. The summed E-state index contributed by atoms with van der Waals surface area (Å²) in [7, 11) is 3.95. The van der Waals surface area contributed by atoms with Crippen LogP contribution in [-0.4, -0.2) is 50.2 Å². The summed E-state index contributed by atoms with van der Waals surface area (Å²) >= 11 is 1.62. The number of nitrogens with one attached hydrogen (secondary N) is 2. The molecule has 7 heteroatoms. The molecule has 0 saturated carbocycles. The Balaban J connectivity index is 1.96. The fourth-order valence-corrected chi connectivity index (χ4v) is 2.91. The third-order valence-electron chi connectivity index (χ3n) is 4.07. The van der Waals surface area contributed by atoms with Crippen LogP contribution in [0.5, 0.6) is 0 Å². The Kier molecular flexibility index (Phi) is 8.55. The second kappa shape index (κ2) is 11.1. The summed E-state index contributed by atoms with van der Waals surface area (Å²) in [6.45, 7) is 0. The van der Waals surface area contributed by atoms with Gasteiger partial charge in [-0.15, -0.1) is 0 Å². The van der Waals surface area contributed by atoms with E-state index in [1.165, 1.54) is 0 Å². The predicted molar refractivity (Wildman–Crippen MR) is 117 cm³/mol. The number of hydrogen-bond donors (Lipinski definition) is 2. The maximum Gasteiger partial charge on any atom is 0.262 e. The van der Waals surface area contributed by atoms with E-state index in [1.54, 1.807) is 42.2 Å². The lowest BCUT2D eigenvalue weighted by Gasteiger charge is -2.16. The second-order valence-corrected chi connectivity index (χ2v) is 7.38. The van der Waals surface area contributed by atoms with Crippen molar-refractivity contribution in [3.8, 4) is 0 Å². The van der Waals surface area contributed by atoms with Gasteiger partial charge in [0.05, 0.1) is 6.21 Å². The summed E-state index contributed by atoms with van der Waals surface area (Å²) in [4.78, 5) is 26.9. The first-order valence-electron chi connectivity index (χ1n) is 8.96. The molecule has 28 heavy (non-hydrogen) atoms. The summed E-state index contributed by atoms with van der Waals surface area (Å²) < 4.78 is 0. The van der Waals surface area contributed by atoms with E-state index in [0.717, 1.165) is 17.0 Å². The van der Waals surface area contributed by atoms with Crippen molar-refractivity contribution in [1.29, 1.82) is 0 Å². The number of carbonyl (C=O) groups excluding carboxylic acids is 2. The van der Waals surface area contributed by atoms with Crippen LogP contribution in [0.2, 0.25) is 0 Å². The Morgan fingerprint density at radius 3 is 2.39 bits per heavy atom. The SMILES string of the molecule is CSCC[C@@H](NC(=O)c1ccccc1)C(=O)NN=Cc1ccc(N(C)C)cc1. The molecule has 0 unspecified atom stereocenters. The Morgan fingerprint density at radius 2 is 1.79 bits per heavy atom. The number of hydrazone groups is 1. The number of carbonyl (C=O) groups is 2. The number of anilines is 1. The summed E-state index contributed by atoms with van der Waals surface area (Å²) in [5.41, 5.74) is 5.01. The van der Waals surface area contributed by atoms with Crippen LogP contribution >= 0.6 is 11.8 Å². The van der Waals surface area contributed by atoms with E-state index in [0.29, 0.717) is 12.0 Å². The van der Waals surface area contributed by atoms with Gasteiger partial charge in [-0.3, -0.25) is 9.59 Å². The van der Waals surface area contributed by atoms with Gasteiger partial charge in [0.2, 0.25) is 0 Å². The molecule has 0 radical (unpaired) electrons. The monoisotopic (exact) mass is 398 g/mol. The van der Waals surface area contributed by atoms with Gasteiger partial charge in [0.1, 0.15) is 6.04 Å². The Morgan fingerprint density at radius 1 is 1.11 bits per heavy atom. The molecular formula is C21H26N4O2S. The van der Waals surface area contributed by atoms with Gasteiger partial charge >= 0.3 is 0 Å². The van der Waals surface area contributed by atoms with E-state index in [2.05, 4.69) is 15.8 Å². The van der Waals surface area contributed by atoms with Gasteiger partial charge in [-0.05, 0) is 48.3 Å². The fourth-order valence-electron chi connectivity index (χ4n) is 2.44. The molecule has 0 aliphatic rings.